The van der Waals surface area contributed by atoms with Gasteiger partial charge in [0.05, 0.1) is 18.6 Å². The highest BCUT2D eigenvalue weighted by Crippen LogP contribution is 2.24. The summed E-state index contributed by atoms with van der Waals surface area (Å²) >= 11 is 0. The number of hydrogen-bond acceptors (Lipinski definition) is 4. The molecule has 1 atom stereocenters. The van der Waals surface area contributed by atoms with E-state index in [4.69, 9.17) is 4.74 Å². The monoisotopic (exact) mass is 350 g/mol. The summed E-state index contributed by atoms with van der Waals surface area (Å²) < 4.78 is 18.1. The topological polar surface area (TPSA) is 58.6 Å². The van der Waals surface area contributed by atoms with Gasteiger partial charge in [-0.3, -0.25) is 14.5 Å². The molecule has 0 spiro atoms. The minimum Gasteiger partial charge on any atom is -0.466 e. The van der Waals surface area contributed by atoms with E-state index in [0.29, 0.717) is 38.2 Å². The lowest BCUT2D eigenvalue weighted by molar-refractivity contribution is -0.150. The van der Waals surface area contributed by atoms with Gasteiger partial charge in [0.2, 0.25) is 5.91 Å². The molecule has 0 saturated carbocycles. The number of nitrogens with one attached hydrogen (secondary N) is 1. The zero-order valence-corrected chi connectivity index (χ0v) is 15.1. The maximum Gasteiger partial charge on any atom is 0.309 e. The molecule has 138 valence electrons. The lowest BCUT2D eigenvalue weighted by Gasteiger charge is -2.37. The summed E-state index contributed by atoms with van der Waals surface area (Å²) in [4.78, 5) is 26.7. The number of nitrogens with zero attached hydrogens (tertiary/aromatic N) is 1. The zero-order valence-electron chi connectivity index (χ0n) is 15.1. The number of amides is 1. The number of likely N-dealkylation sites (tertiary alicyclic amines) is 1. The van der Waals surface area contributed by atoms with Crippen molar-refractivity contribution in [1.29, 1.82) is 0 Å². The third-order valence-corrected chi connectivity index (χ3v) is 4.55. The number of halogens is 1. The van der Waals surface area contributed by atoms with E-state index in [1.807, 2.05) is 20.8 Å². The van der Waals surface area contributed by atoms with Crippen LogP contribution in [0.15, 0.2) is 24.3 Å². The predicted octanol–water partition coefficient (Wildman–Crippen LogP) is 3.06. The Morgan fingerprint density at radius 1 is 1.24 bits per heavy atom. The molecule has 6 heteroatoms. The van der Waals surface area contributed by atoms with Crippen molar-refractivity contribution in [2.75, 3.05) is 25.0 Å². The molecule has 1 aromatic rings. The van der Waals surface area contributed by atoms with Crippen LogP contribution in [0.1, 0.15) is 33.6 Å². The summed E-state index contributed by atoms with van der Waals surface area (Å²) in [7, 11) is 0. The van der Waals surface area contributed by atoms with Gasteiger partial charge in [0.1, 0.15) is 5.82 Å². The maximum atomic E-state index is 13.0. The number of piperidine rings is 1. The number of benzene rings is 1. The molecule has 0 radical (unpaired) electrons. The number of rotatable bonds is 6. The van der Waals surface area contributed by atoms with Crippen LogP contribution in [-0.2, 0) is 14.3 Å². The van der Waals surface area contributed by atoms with E-state index in [9.17, 15) is 14.0 Å². The van der Waals surface area contributed by atoms with Crippen molar-refractivity contribution >= 4 is 17.6 Å². The molecule has 0 aromatic heterocycles. The Bertz CT molecular complexity index is 581. The highest BCUT2D eigenvalue weighted by molar-refractivity contribution is 5.95. The van der Waals surface area contributed by atoms with Gasteiger partial charge in [0.15, 0.2) is 0 Å². The number of ether oxygens (including phenoxy) is 1. The van der Waals surface area contributed by atoms with Gasteiger partial charge in [0, 0.05) is 5.69 Å². The van der Waals surface area contributed by atoms with Crippen LogP contribution in [0.3, 0.4) is 0 Å². The lowest BCUT2D eigenvalue weighted by atomic mass is 9.93. The Morgan fingerprint density at radius 3 is 2.36 bits per heavy atom. The summed E-state index contributed by atoms with van der Waals surface area (Å²) in [6.45, 7) is 7.58. The molecule has 1 fully saturated rings. The molecule has 1 aliphatic heterocycles. The Kier molecular flexibility index (Phi) is 6.93. The third kappa shape index (κ3) is 5.26. The summed E-state index contributed by atoms with van der Waals surface area (Å²) in [6.07, 6.45) is 1.40. The van der Waals surface area contributed by atoms with Crippen LogP contribution in [-0.4, -0.2) is 42.5 Å². The Balaban J connectivity index is 1.97. The standard InChI is InChI=1S/C19H27FN2O3/c1-4-25-19(24)14-9-11-22(12-10-14)17(13(2)3)18(23)21-16-7-5-15(20)6-8-16/h5-8,13-14,17H,4,9-12H2,1-3H3,(H,21,23)/t17-/m0/s1. The fourth-order valence-corrected chi connectivity index (χ4v) is 3.31. The minimum absolute atomic E-state index is 0.0795. The zero-order chi connectivity index (χ0) is 18.4. The van der Waals surface area contributed by atoms with Crippen molar-refractivity contribution < 1.29 is 18.7 Å². The maximum absolute atomic E-state index is 13.0. The van der Waals surface area contributed by atoms with Crippen molar-refractivity contribution in [3.63, 3.8) is 0 Å². The quantitative estimate of drug-likeness (QED) is 0.801. The Labute approximate surface area is 148 Å². The van der Waals surface area contributed by atoms with Crippen molar-refractivity contribution in [3.05, 3.63) is 30.1 Å². The molecule has 1 heterocycles. The van der Waals surface area contributed by atoms with Crippen molar-refractivity contribution in [1.82, 2.24) is 4.90 Å². The van der Waals surface area contributed by atoms with E-state index in [1.165, 1.54) is 12.1 Å². The van der Waals surface area contributed by atoms with E-state index >= 15 is 0 Å². The highest BCUT2D eigenvalue weighted by atomic mass is 19.1. The number of anilines is 1. The first-order chi connectivity index (χ1) is 11.9. The second kappa shape index (κ2) is 8.94. The van der Waals surface area contributed by atoms with Gasteiger partial charge in [-0.25, -0.2) is 4.39 Å². The van der Waals surface area contributed by atoms with Crippen LogP contribution in [0.5, 0.6) is 0 Å². The van der Waals surface area contributed by atoms with E-state index in [-0.39, 0.29) is 35.6 Å². The molecule has 2 rings (SSSR count). The van der Waals surface area contributed by atoms with Gasteiger partial charge < -0.3 is 10.1 Å². The molecule has 1 N–H and O–H groups in total. The van der Waals surface area contributed by atoms with Crippen LogP contribution < -0.4 is 5.32 Å². The summed E-state index contributed by atoms with van der Waals surface area (Å²) in [5.74, 6) is -0.529. The number of hydrogen-bond donors (Lipinski definition) is 1. The SMILES string of the molecule is CCOC(=O)C1CCN([C@H](C(=O)Nc2ccc(F)cc2)C(C)C)CC1. The number of esters is 1. The largest absolute Gasteiger partial charge is 0.466 e. The van der Waals surface area contributed by atoms with Gasteiger partial charge >= 0.3 is 5.97 Å². The Morgan fingerprint density at radius 2 is 1.84 bits per heavy atom. The van der Waals surface area contributed by atoms with Crippen molar-refractivity contribution in [2.45, 2.75) is 39.7 Å². The van der Waals surface area contributed by atoms with E-state index in [0.717, 1.165) is 0 Å². The second-order valence-corrected chi connectivity index (χ2v) is 6.75. The van der Waals surface area contributed by atoms with Gasteiger partial charge in [-0.15, -0.1) is 0 Å². The van der Waals surface area contributed by atoms with Crippen molar-refractivity contribution in [3.8, 4) is 0 Å². The third-order valence-electron chi connectivity index (χ3n) is 4.55. The lowest BCUT2D eigenvalue weighted by Crippen LogP contribution is -2.51. The smallest absolute Gasteiger partial charge is 0.309 e. The average Bonchev–Trinajstić information content (AvgIpc) is 2.57. The summed E-state index contributed by atoms with van der Waals surface area (Å²) in [5.41, 5.74) is 0.582. The summed E-state index contributed by atoms with van der Waals surface area (Å²) in [6, 6.07) is 5.47. The van der Waals surface area contributed by atoms with E-state index in [2.05, 4.69) is 10.2 Å². The first-order valence-corrected chi connectivity index (χ1v) is 8.89. The molecule has 25 heavy (non-hydrogen) atoms. The molecule has 0 aliphatic carbocycles. The van der Waals surface area contributed by atoms with Crippen LogP contribution >= 0.6 is 0 Å². The van der Waals surface area contributed by atoms with Gasteiger partial charge in [-0.05, 0) is 63.0 Å². The highest BCUT2D eigenvalue weighted by Gasteiger charge is 2.34. The average molecular weight is 350 g/mol. The van der Waals surface area contributed by atoms with E-state index < -0.39 is 0 Å². The number of carbonyl (C=O) groups is 2. The normalized spacial score (nSPS) is 17.3. The van der Waals surface area contributed by atoms with Gasteiger partial charge in [-0.1, -0.05) is 13.8 Å². The first-order valence-electron chi connectivity index (χ1n) is 8.89. The van der Waals surface area contributed by atoms with Crippen LogP contribution in [0.25, 0.3) is 0 Å². The molecule has 1 saturated heterocycles. The fraction of sp³-hybridized carbons (Fsp3) is 0.579. The van der Waals surface area contributed by atoms with Gasteiger partial charge in [0.25, 0.3) is 0 Å². The molecular formula is C19H27FN2O3. The molecule has 1 amide bonds. The fourth-order valence-electron chi connectivity index (χ4n) is 3.31. The second-order valence-electron chi connectivity index (χ2n) is 6.75. The van der Waals surface area contributed by atoms with Crippen LogP contribution in [0.4, 0.5) is 10.1 Å². The van der Waals surface area contributed by atoms with Gasteiger partial charge in [-0.2, -0.15) is 0 Å². The first kappa shape index (κ1) is 19.4. The molecule has 5 nitrogen and oxygen atoms in total. The number of carbonyl (C=O) groups excluding carboxylic acids is 2. The Hall–Kier alpha value is -1.95. The van der Waals surface area contributed by atoms with Crippen LogP contribution in [0, 0.1) is 17.7 Å². The summed E-state index contributed by atoms with van der Waals surface area (Å²) in [5, 5.41) is 2.86. The van der Waals surface area contributed by atoms with Crippen LogP contribution in [0.2, 0.25) is 0 Å². The molecular weight excluding hydrogens is 323 g/mol. The molecule has 0 unspecified atom stereocenters. The predicted molar refractivity (Wildman–Crippen MR) is 94.6 cm³/mol. The molecule has 0 bridgehead atoms. The minimum atomic E-state index is -0.334. The van der Waals surface area contributed by atoms with E-state index in [1.54, 1.807) is 12.1 Å². The van der Waals surface area contributed by atoms with Crippen molar-refractivity contribution in [2.24, 2.45) is 11.8 Å². The molecule has 1 aliphatic rings. The molecule has 1 aromatic carbocycles.